The Morgan fingerprint density at radius 3 is 2.68 bits per heavy atom. The van der Waals surface area contributed by atoms with E-state index in [9.17, 15) is 14.0 Å². The van der Waals surface area contributed by atoms with E-state index in [4.69, 9.17) is 4.74 Å². The Balaban J connectivity index is 1.86. The summed E-state index contributed by atoms with van der Waals surface area (Å²) >= 11 is 0. The highest BCUT2D eigenvalue weighted by atomic mass is 19.1. The van der Waals surface area contributed by atoms with Crippen molar-refractivity contribution in [1.29, 1.82) is 0 Å². The normalized spacial score (nSPS) is 16.4. The highest BCUT2D eigenvalue weighted by molar-refractivity contribution is 5.94. The molecule has 2 aromatic rings. The summed E-state index contributed by atoms with van der Waals surface area (Å²) in [4.78, 5) is 25.9. The molecule has 1 aliphatic rings. The maximum absolute atomic E-state index is 14.4. The molecular formula is C25H31FN2O3. The molecule has 31 heavy (non-hydrogen) atoms. The van der Waals surface area contributed by atoms with Crippen LogP contribution in [0.1, 0.15) is 61.4 Å². The minimum atomic E-state index is -0.546. The van der Waals surface area contributed by atoms with Gasteiger partial charge in [0.15, 0.2) is 0 Å². The number of halogens is 1. The SMILES string of the molecule is CNC(=O)c1ccc(Cc2cc(C=O)c(CN(C)C3CCCOC3)c(C)c2C)cc1F. The molecule has 0 bridgehead atoms. The molecule has 0 spiro atoms. The van der Waals surface area contributed by atoms with Crippen LogP contribution >= 0.6 is 0 Å². The average molecular weight is 427 g/mol. The topological polar surface area (TPSA) is 58.6 Å². The maximum atomic E-state index is 14.4. The molecule has 1 fully saturated rings. The fraction of sp³-hybridized carbons (Fsp3) is 0.440. The van der Waals surface area contributed by atoms with Crippen LogP contribution in [0.25, 0.3) is 0 Å². The molecule has 1 aliphatic heterocycles. The van der Waals surface area contributed by atoms with Gasteiger partial charge in [0.05, 0.1) is 12.2 Å². The van der Waals surface area contributed by atoms with Crippen molar-refractivity contribution in [1.82, 2.24) is 10.2 Å². The molecule has 0 radical (unpaired) electrons. The molecule has 5 nitrogen and oxygen atoms in total. The zero-order valence-electron chi connectivity index (χ0n) is 18.8. The minimum absolute atomic E-state index is 0.0258. The Morgan fingerprint density at radius 1 is 1.29 bits per heavy atom. The van der Waals surface area contributed by atoms with Gasteiger partial charge in [-0.2, -0.15) is 0 Å². The minimum Gasteiger partial charge on any atom is -0.380 e. The Labute approximate surface area is 183 Å². The lowest BCUT2D eigenvalue weighted by Crippen LogP contribution is -2.38. The van der Waals surface area contributed by atoms with Gasteiger partial charge in [0, 0.05) is 31.8 Å². The largest absolute Gasteiger partial charge is 0.380 e. The van der Waals surface area contributed by atoms with Crippen LogP contribution in [-0.2, 0) is 17.7 Å². The average Bonchev–Trinajstić information content (AvgIpc) is 2.78. The second-order valence-electron chi connectivity index (χ2n) is 8.33. The number of carbonyl (C=O) groups excluding carboxylic acids is 2. The third-order valence-electron chi connectivity index (χ3n) is 6.37. The third-order valence-corrected chi connectivity index (χ3v) is 6.37. The molecular weight excluding hydrogens is 395 g/mol. The molecule has 3 rings (SSSR count). The Morgan fingerprint density at radius 2 is 2.06 bits per heavy atom. The number of benzene rings is 2. The zero-order valence-corrected chi connectivity index (χ0v) is 18.8. The number of ether oxygens (including phenoxy) is 1. The number of hydrogen-bond acceptors (Lipinski definition) is 4. The molecule has 1 saturated heterocycles. The van der Waals surface area contributed by atoms with Crippen LogP contribution in [0.2, 0.25) is 0 Å². The van der Waals surface area contributed by atoms with E-state index in [1.807, 2.05) is 19.9 Å². The van der Waals surface area contributed by atoms with Crippen molar-refractivity contribution in [3.05, 3.63) is 69.0 Å². The lowest BCUT2D eigenvalue weighted by molar-refractivity contribution is 0.0249. The standard InChI is InChI=1S/C25H31FN2O3/c1-16-17(2)23(13-28(4)21-6-5-9-31-15-21)20(14-29)12-19(16)10-18-7-8-22(24(26)11-18)25(30)27-3/h7-8,11-12,14,21H,5-6,9-10,13,15H2,1-4H3,(H,27,30). The number of nitrogens with zero attached hydrogens (tertiary/aromatic N) is 1. The van der Waals surface area contributed by atoms with Crippen LogP contribution in [0, 0.1) is 19.7 Å². The van der Waals surface area contributed by atoms with Gasteiger partial charge in [-0.05, 0) is 86.2 Å². The Hall–Kier alpha value is -2.57. The van der Waals surface area contributed by atoms with E-state index in [2.05, 4.69) is 17.3 Å². The van der Waals surface area contributed by atoms with Crippen molar-refractivity contribution in [3.8, 4) is 0 Å². The summed E-state index contributed by atoms with van der Waals surface area (Å²) in [5, 5.41) is 2.44. The highest BCUT2D eigenvalue weighted by Gasteiger charge is 2.21. The smallest absolute Gasteiger partial charge is 0.253 e. The van der Waals surface area contributed by atoms with E-state index in [0.717, 1.165) is 60.2 Å². The van der Waals surface area contributed by atoms with Gasteiger partial charge >= 0.3 is 0 Å². The van der Waals surface area contributed by atoms with Crippen molar-refractivity contribution in [2.75, 3.05) is 27.3 Å². The molecule has 1 N–H and O–H groups in total. The number of likely N-dealkylation sites (N-methyl/N-ethyl adjacent to an activating group) is 1. The molecule has 0 saturated carbocycles. The van der Waals surface area contributed by atoms with Crippen LogP contribution < -0.4 is 5.32 Å². The number of hydrogen-bond donors (Lipinski definition) is 1. The second kappa shape index (κ2) is 10.2. The van der Waals surface area contributed by atoms with Crippen LogP contribution in [0.5, 0.6) is 0 Å². The molecule has 0 aliphatic carbocycles. The number of aldehydes is 1. The predicted molar refractivity (Wildman–Crippen MR) is 119 cm³/mol. The first kappa shape index (κ1) is 23.1. The zero-order chi connectivity index (χ0) is 22.5. The van der Waals surface area contributed by atoms with Gasteiger partial charge in [0.2, 0.25) is 0 Å². The summed E-state index contributed by atoms with van der Waals surface area (Å²) in [7, 11) is 3.55. The lowest BCUT2D eigenvalue weighted by Gasteiger charge is -2.32. The van der Waals surface area contributed by atoms with Crippen LogP contribution in [0.3, 0.4) is 0 Å². The summed E-state index contributed by atoms with van der Waals surface area (Å²) in [6.07, 6.45) is 3.55. The van der Waals surface area contributed by atoms with Crippen molar-refractivity contribution >= 4 is 12.2 Å². The van der Waals surface area contributed by atoms with Gasteiger partial charge in [-0.15, -0.1) is 0 Å². The summed E-state index contributed by atoms with van der Waals surface area (Å²) in [5.74, 6) is -0.995. The van der Waals surface area contributed by atoms with Crippen LogP contribution in [0.15, 0.2) is 24.3 Å². The van der Waals surface area contributed by atoms with Crippen molar-refractivity contribution in [2.24, 2.45) is 0 Å². The predicted octanol–water partition coefficient (Wildman–Crippen LogP) is 3.82. The van der Waals surface area contributed by atoms with Gasteiger partial charge in [0.25, 0.3) is 5.91 Å². The van der Waals surface area contributed by atoms with Crippen molar-refractivity contribution in [2.45, 2.75) is 45.7 Å². The van der Waals surface area contributed by atoms with Crippen molar-refractivity contribution in [3.63, 3.8) is 0 Å². The molecule has 6 heteroatoms. The van der Waals surface area contributed by atoms with E-state index in [0.29, 0.717) is 24.6 Å². The summed E-state index contributed by atoms with van der Waals surface area (Å²) in [6, 6.07) is 6.93. The fourth-order valence-corrected chi connectivity index (χ4v) is 4.22. The van der Waals surface area contributed by atoms with E-state index in [1.54, 1.807) is 6.07 Å². The first-order valence-corrected chi connectivity index (χ1v) is 10.7. The molecule has 2 aromatic carbocycles. The third kappa shape index (κ3) is 5.20. The summed E-state index contributed by atoms with van der Waals surface area (Å²) in [5.41, 5.74) is 5.66. The fourth-order valence-electron chi connectivity index (χ4n) is 4.22. The van der Waals surface area contributed by atoms with E-state index >= 15 is 0 Å². The first-order chi connectivity index (χ1) is 14.8. The van der Waals surface area contributed by atoms with E-state index in [1.165, 1.54) is 19.2 Å². The molecule has 1 amide bonds. The molecule has 1 heterocycles. The lowest BCUT2D eigenvalue weighted by atomic mass is 9.89. The first-order valence-electron chi connectivity index (χ1n) is 10.7. The molecule has 0 aromatic heterocycles. The quantitative estimate of drug-likeness (QED) is 0.684. The van der Waals surface area contributed by atoms with Crippen LogP contribution in [0.4, 0.5) is 4.39 Å². The maximum Gasteiger partial charge on any atom is 0.253 e. The Kier molecular flexibility index (Phi) is 7.57. The molecule has 1 atom stereocenters. The number of rotatable bonds is 7. The molecule has 166 valence electrons. The number of carbonyl (C=O) groups is 2. The van der Waals surface area contributed by atoms with Gasteiger partial charge in [-0.3, -0.25) is 14.5 Å². The van der Waals surface area contributed by atoms with E-state index in [-0.39, 0.29) is 5.56 Å². The highest BCUT2D eigenvalue weighted by Crippen LogP contribution is 2.26. The summed E-state index contributed by atoms with van der Waals surface area (Å²) < 4.78 is 20.0. The second-order valence-corrected chi connectivity index (χ2v) is 8.33. The number of amides is 1. The number of nitrogens with one attached hydrogen (secondary N) is 1. The van der Waals surface area contributed by atoms with Gasteiger partial charge < -0.3 is 10.1 Å². The van der Waals surface area contributed by atoms with Gasteiger partial charge in [-0.25, -0.2) is 4.39 Å². The monoisotopic (exact) mass is 426 g/mol. The summed E-state index contributed by atoms with van der Waals surface area (Å²) in [6.45, 7) is 6.32. The van der Waals surface area contributed by atoms with Gasteiger partial charge in [0.1, 0.15) is 12.1 Å². The van der Waals surface area contributed by atoms with Crippen LogP contribution in [-0.4, -0.2) is 50.4 Å². The Bertz CT molecular complexity index is 968. The molecule has 1 unspecified atom stereocenters. The van der Waals surface area contributed by atoms with E-state index < -0.39 is 11.7 Å². The van der Waals surface area contributed by atoms with Crippen molar-refractivity contribution < 1.29 is 18.7 Å². The van der Waals surface area contributed by atoms with Gasteiger partial charge in [-0.1, -0.05) is 6.07 Å².